The molecule has 0 aliphatic rings. The maximum Gasteiger partial charge on any atom is 0.0682 e. The van der Waals surface area contributed by atoms with Gasteiger partial charge in [-0.1, -0.05) is 6.07 Å². The minimum absolute atomic E-state index is 0.0908. The van der Waals surface area contributed by atoms with E-state index in [1.54, 1.807) is 0 Å². The standard InChI is InChI=1S/C9H8BrNO/c10-8-4-11-9-2-1-6(5-12)3-7(8)9/h1-4,11-12H,5H2. The van der Waals surface area contributed by atoms with Gasteiger partial charge in [-0.2, -0.15) is 0 Å². The molecule has 0 spiro atoms. The van der Waals surface area contributed by atoms with Crippen molar-refractivity contribution < 1.29 is 5.11 Å². The largest absolute Gasteiger partial charge is 0.392 e. The second-order valence-electron chi connectivity index (χ2n) is 2.67. The first-order valence-corrected chi connectivity index (χ1v) is 4.47. The molecule has 3 heteroatoms. The minimum Gasteiger partial charge on any atom is -0.392 e. The van der Waals surface area contributed by atoms with Gasteiger partial charge in [-0.05, 0) is 33.6 Å². The van der Waals surface area contributed by atoms with Crippen LogP contribution >= 0.6 is 15.9 Å². The van der Waals surface area contributed by atoms with Crippen LogP contribution in [-0.4, -0.2) is 10.1 Å². The highest BCUT2D eigenvalue weighted by Gasteiger charge is 2.00. The van der Waals surface area contributed by atoms with Gasteiger partial charge in [0.1, 0.15) is 0 Å². The number of hydrogen-bond donors (Lipinski definition) is 2. The summed E-state index contributed by atoms with van der Waals surface area (Å²) >= 11 is 3.42. The van der Waals surface area contributed by atoms with Crippen molar-refractivity contribution in [3.63, 3.8) is 0 Å². The molecule has 0 aliphatic heterocycles. The number of aliphatic hydroxyl groups is 1. The number of fused-ring (bicyclic) bond motifs is 1. The van der Waals surface area contributed by atoms with Crippen molar-refractivity contribution in [1.82, 2.24) is 4.98 Å². The molecule has 0 aliphatic carbocycles. The molecule has 0 saturated heterocycles. The first-order valence-electron chi connectivity index (χ1n) is 3.67. The average Bonchev–Trinajstić information content (AvgIpc) is 2.47. The first kappa shape index (κ1) is 7.83. The molecular weight excluding hydrogens is 218 g/mol. The number of rotatable bonds is 1. The minimum atomic E-state index is 0.0908. The van der Waals surface area contributed by atoms with Crippen LogP contribution in [0, 0.1) is 0 Å². The smallest absolute Gasteiger partial charge is 0.0682 e. The van der Waals surface area contributed by atoms with Crippen LogP contribution in [0.4, 0.5) is 0 Å². The summed E-state index contributed by atoms with van der Waals surface area (Å²) in [5, 5.41) is 10.0. The second kappa shape index (κ2) is 2.92. The molecule has 1 heterocycles. The normalized spacial score (nSPS) is 10.8. The van der Waals surface area contributed by atoms with Crippen LogP contribution in [0.2, 0.25) is 0 Å². The first-order chi connectivity index (χ1) is 5.81. The highest BCUT2D eigenvalue weighted by atomic mass is 79.9. The van der Waals surface area contributed by atoms with E-state index in [2.05, 4.69) is 20.9 Å². The van der Waals surface area contributed by atoms with E-state index in [0.717, 1.165) is 20.9 Å². The molecule has 62 valence electrons. The third-order valence-electron chi connectivity index (χ3n) is 1.88. The molecule has 1 aromatic carbocycles. The molecule has 12 heavy (non-hydrogen) atoms. The molecule has 0 unspecified atom stereocenters. The van der Waals surface area contributed by atoms with Gasteiger partial charge in [-0.3, -0.25) is 0 Å². The Bertz CT molecular complexity index is 408. The zero-order valence-corrected chi connectivity index (χ0v) is 7.93. The molecule has 2 rings (SSSR count). The number of H-pyrrole nitrogens is 1. The van der Waals surface area contributed by atoms with Gasteiger partial charge in [0.25, 0.3) is 0 Å². The zero-order valence-electron chi connectivity index (χ0n) is 6.34. The van der Waals surface area contributed by atoms with E-state index in [-0.39, 0.29) is 6.61 Å². The van der Waals surface area contributed by atoms with Crippen molar-refractivity contribution in [2.45, 2.75) is 6.61 Å². The molecule has 0 amide bonds. The number of aromatic amines is 1. The fourth-order valence-electron chi connectivity index (χ4n) is 1.23. The third kappa shape index (κ3) is 1.15. The van der Waals surface area contributed by atoms with E-state index < -0.39 is 0 Å². The van der Waals surface area contributed by atoms with Crippen molar-refractivity contribution in [3.8, 4) is 0 Å². The fraction of sp³-hybridized carbons (Fsp3) is 0.111. The Morgan fingerprint density at radius 3 is 3.00 bits per heavy atom. The summed E-state index contributed by atoms with van der Waals surface area (Å²) in [6.45, 7) is 0.0908. The molecule has 0 fully saturated rings. The summed E-state index contributed by atoms with van der Waals surface area (Å²) in [4.78, 5) is 3.11. The second-order valence-corrected chi connectivity index (χ2v) is 3.53. The Hall–Kier alpha value is -0.800. The van der Waals surface area contributed by atoms with E-state index in [1.165, 1.54) is 0 Å². The monoisotopic (exact) mass is 225 g/mol. The maximum atomic E-state index is 8.90. The predicted octanol–water partition coefficient (Wildman–Crippen LogP) is 2.42. The molecule has 0 bridgehead atoms. The Labute approximate surface area is 78.3 Å². The molecule has 0 radical (unpaired) electrons. The quantitative estimate of drug-likeness (QED) is 0.769. The Morgan fingerprint density at radius 1 is 1.42 bits per heavy atom. The lowest BCUT2D eigenvalue weighted by Crippen LogP contribution is -1.80. The molecule has 0 atom stereocenters. The summed E-state index contributed by atoms with van der Waals surface area (Å²) in [7, 11) is 0. The lowest BCUT2D eigenvalue weighted by Gasteiger charge is -1.95. The lowest BCUT2D eigenvalue weighted by molar-refractivity contribution is 0.282. The van der Waals surface area contributed by atoms with Gasteiger partial charge in [0.2, 0.25) is 0 Å². The summed E-state index contributed by atoms with van der Waals surface area (Å²) in [6, 6.07) is 5.84. The Balaban J connectivity index is 2.71. The Kier molecular flexibility index (Phi) is 1.90. The van der Waals surface area contributed by atoms with E-state index in [0.29, 0.717) is 0 Å². The van der Waals surface area contributed by atoms with Gasteiger partial charge < -0.3 is 10.1 Å². The number of nitrogens with one attached hydrogen (secondary N) is 1. The van der Waals surface area contributed by atoms with Gasteiger partial charge in [0, 0.05) is 21.6 Å². The van der Waals surface area contributed by atoms with Crippen LogP contribution in [-0.2, 0) is 6.61 Å². The molecule has 2 N–H and O–H groups in total. The summed E-state index contributed by atoms with van der Waals surface area (Å²) in [5.41, 5.74) is 2.02. The van der Waals surface area contributed by atoms with Crippen molar-refractivity contribution in [3.05, 3.63) is 34.4 Å². The van der Waals surface area contributed by atoms with Gasteiger partial charge in [0.15, 0.2) is 0 Å². The number of aromatic nitrogens is 1. The molecule has 2 nitrogen and oxygen atoms in total. The molecule has 0 saturated carbocycles. The number of benzene rings is 1. The number of hydrogen-bond acceptors (Lipinski definition) is 1. The number of halogens is 1. The predicted molar refractivity (Wildman–Crippen MR) is 51.9 cm³/mol. The average molecular weight is 226 g/mol. The topological polar surface area (TPSA) is 36.0 Å². The molecular formula is C9H8BrNO. The summed E-state index contributed by atoms with van der Waals surface area (Å²) in [6.07, 6.45) is 1.89. The van der Waals surface area contributed by atoms with Crippen LogP contribution in [0.5, 0.6) is 0 Å². The lowest BCUT2D eigenvalue weighted by atomic mass is 10.2. The van der Waals surface area contributed by atoms with Crippen LogP contribution in [0.15, 0.2) is 28.9 Å². The van der Waals surface area contributed by atoms with Crippen molar-refractivity contribution in [2.24, 2.45) is 0 Å². The van der Waals surface area contributed by atoms with E-state index >= 15 is 0 Å². The van der Waals surface area contributed by atoms with Gasteiger partial charge in [-0.15, -0.1) is 0 Å². The summed E-state index contributed by atoms with van der Waals surface area (Å²) in [5.74, 6) is 0. The van der Waals surface area contributed by atoms with Crippen molar-refractivity contribution in [1.29, 1.82) is 0 Å². The fourth-order valence-corrected chi connectivity index (χ4v) is 1.67. The third-order valence-corrected chi connectivity index (χ3v) is 2.53. The number of aliphatic hydroxyl groups excluding tert-OH is 1. The maximum absolute atomic E-state index is 8.90. The van der Waals surface area contributed by atoms with E-state index in [9.17, 15) is 0 Å². The van der Waals surface area contributed by atoms with Gasteiger partial charge in [0.05, 0.1) is 6.61 Å². The van der Waals surface area contributed by atoms with E-state index in [4.69, 9.17) is 5.11 Å². The van der Waals surface area contributed by atoms with Crippen molar-refractivity contribution >= 4 is 26.8 Å². The molecule has 1 aromatic heterocycles. The highest BCUT2D eigenvalue weighted by molar-refractivity contribution is 9.10. The van der Waals surface area contributed by atoms with Crippen molar-refractivity contribution in [2.75, 3.05) is 0 Å². The van der Waals surface area contributed by atoms with Crippen LogP contribution in [0.25, 0.3) is 10.9 Å². The summed E-state index contributed by atoms with van der Waals surface area (Å²) < 4.78 is 1.04. The van der Waals surface area contributed by atoms with Crippen LogP contribution < -0.4 is 0 Å². The van der Waals surface area contributed by atoms with Crippen LogP contribution in [0.1, 0.15) is 5.56 Å². The van der Waals surface area contributed by atoms with Gasteiger partial charge >= 0.3 is 0 Å². The highest BCUT2D eigenvalue weighted by Crippen LogP contribution is 2.24. The van der Waals surface area contributed by atoms with E-state index in [1.807, 2.05) is 24.4 Å². The molecule has 2 aromatic rings. The SMILES string of the molecule is OCc1ccc2[nH]cc(Br)c2c1. The van der Waals surface area contributed by atoms with Gasteiger partial charge in [-0.25, -0.2) is 0 Å². The zero-order chi connectivity index (χ0) is 8.55. The Morgan fingerprint density at radius 2 is 2.25 bits per heavy atom. The van der Waals surface area contributed by atoms with Crippen LogP contribution in [0.3, 0.4) is 0 Å².